The topological polar surface area (TPSA) is 20.2 Å². The molecule has 1 aliphatic rings. The van der Waals surface area contributed by atoms with Gasteiger partial charge in [0.1, 0.15) is 0 Å². The van der Waals surface area contributed by atoms with Gasteiger partial charge < -0.3 is 5.11 Å². The number of aliphatic hydroxyl groups is 1. The number of rotatable bonds is 1. The average Bonchev–Trinajstić information content (AvgIpc) is 2.44. The van der Waals surface area contributed by atoms with Crippen molar-refractivity contribution in [2.75, 3.05) is 0 Å². The summed E-state index contributed by atoms with van der Waals surface area (Å²) in [6.45, 7) is 23.7. The molecule has 0 aliphatic heterocycles. The van der Waals surface area contributed by atoms with Crippen molar-refractivity contribution in [3.63, 3.8) is 0 Å². The minimum absolute atomic E-state index is 0.226. The van der Waals surface area contributed by atoms with Crippen molar-refractivity contribution in [2.45, 2.75) is 81.8 Å². The predicted octanol–water partition coefficient (Wildman–Crippen LogP) is 6.80. The molecular weight excluding hydrogens is 256 g/mol. The van der Waals surface area contributed by atoms with Crippen LogP contribution in [-0.4, -0.2) is 11.2 Å². The average molecular weight is 299 g/mol. The standard InChI is InChI=1S/C9H14O.C4H8.C3H8.2C2H6/c1-7-5-3-4-6-9(7)8(2)10;1-4(2)3;1-3-2;2*1-2/h3-10H,1-2H3;1H2,2-3H3;3H2,1-2H3;2*1-2H3. The molecule has 0 saturated carbocycles. The van der Waals surface area contributed by atoms with Crippen molar-refractivity contribution in [1.82, 2.24) is 0 Å². The molecule has 0 spiro atoms. The third-order valence-corrected chi connectivity index (χ3v) is 2.02. The van der Waals surface area contributed by atoms with E-state index in [9.17, 15) is 5.11 Å². The lowest BCUT2D eigenvalue weighted by molar-refractivity contribution is 0.130. The van der Waals surface area contributed by atoms with Crippen LogP contribution in [0.1, 0.15) is 75.7 Å². The van der Waals surface area contributed by atoms with E-state index in [0.29, 0.717) is 11.8 Å². The van der Waals surface area contributed by atoms with Crippen LogP contribution in [0.2, 0.25) is 0 Å². The zero-order valence-corrected chi connectivity index (χ0v) is 16.4. The minimum atomic E-state index is -0.226. The Morgan fingerprint density at radius 2 is 1.33 bits per heavy atom. The molecule has 128 valence electrons. The predicted molar refractivity (Wildman–Crippen MR) is 102 cm³/mol. The molecule has 0 bridgehead atoms. The zero-order valence-electron chi connectivity index (χ0n) is 16.4. The molecule has 0 aromatic carbocycles. The second kappa shape index (κ2) is 24.2. The van der Waals surface area contributed by atoms with E-state index in [1.807, 2.05) is 60.6 Å². The summed E-state index contributed by atoms with van der Waals surface area (Å²) >= 11 is 0. The molecule has 1 heteroatoms. The largest absolute Gasteiger partial charge is 0.393 e. The minimum Gasteiger partial charge on any atom is -0.393 e. The van der Waals surface area contributed by atoms with Crippen LogP contribution >= 0.6 is 0 Å². The van der Waals surface area contributed by atoms with E-state index in [2.05, 4.69) is 39.5 Å². The van der Waals surface area contributed by atoms with E-state index in [0.717, 1.165) is 0 Å². The first-order chi connectivity index (χ1) is 9.86. The summed E-state index contributed by atoms with van der Waals surface area (Å²) in [5.41, 5.74) is 1.17. The normalized spacial score (nSPS) is 19.0. The van der Waals surface area contributed by atoms with Crippen molar-refractivity contribution in [1.29, 1.82) is 0 Å². The number of hydrogen-bond acceptors (Lipinski definition) is 1. The van der Waals surface area contributed by atoms with Crippen LogP contribution in [0.25, 0.3) is 0 Å². The first kappa shape index (κ1) is 28.4. The van der Waals surface area contributed by atoms with Crippen LogP contribution in [0.15, 0.2) is 36.5 Å². The van der Waals surface area contributed by atoms with Crippen molar-refractivity contribution in [3.05, 3.63) is 36.5 Å². The molecule has 0 amide bonds. The lowest BCUT2D eigenvalue weighted by atomic mass is 9.86. The van der Waals surface area contributed by atoms with Crippen LogP contribution in [0.4, 0.5) is 0 Å². The van der Waals surface area contributed by atoms with Gasteiger partial charge in [-0.1, -0.05) is 84.8 Å². The Balaban J connectivity index is -0.000000111. The van der Waals surface area contributed by atoms with Gasteiger partial charge in [0.2, 0.25) is 0 Å². The van der Waals surface area contributed by atoms with Gasteiger partial charge in [-0.3, -0.25) is 0 Å². The quantitative estimate of drug-likeness (QED) is 0.528. The molecule has 1 aliphatic carbocycles. The maximum atomic E-state index is 9.26. The second-order valence-corrected chi connectivity index (χ2v) is 4.86. The van der Waals surface area contributed by atoms with E-state index in [-0.39, 0.29) is 6.10 Å². The zero-order chi connectivity index (χ0) is 17.8. The van der Waals surface area contributed by atoms with Gasteiger partial charge in [0, 0.05) is 5.92 Å². The summed E-state index contributed by atoms with van der Waals surface area (Å²) in [7, 11) is 0. The Labute approximate surface area is 135 Å². The SMILES string of the molecule is C=C(C)C.CC.CC.CC(O)C1C=CC=CC1C.CCC. The fourth-order valence-electron chi connectivity index (χ4n) is 1.34. The Hall–Kier alpha value is -0.820. The molecule has 0 aromatic rings. The summed E-state index contributed by atoms with van der Waals surface area (Å²) in [5, 5.41) is 9.26. The summed E-state index contributed by atoms with van der Waals surface area (Å²) in [5.74, 6) is 0.787. The first-order valence-electron chi connectivity index (χ1n) is 8.51. The monoisotopic (exact) mass is 298 g/mol. The van der Waals surface area contributed by atoms with Crippen LogP contribution in [0.3, 0.4) is 0 Å². The Kier molecular flexibility index (Phi) is 32.7. The highest BCUT2D eigenvalue weighted by atomic mass is 16.3. The number of allylic oxidation sites excluding steroid dienone is 4. The molecule has 1 nitrogen and oxygen atoms in total. The van der Waals surface area contributed by atoms with Crippen molar-refractivity contribution in [2.24, 2.45) is 11.8 Å². The molecule has 1 N–H and O–H groups in total. The molecule has 0 fully saturated rings. The summed E-state index contributed by atoms with van der Waals surface area (Å²) < 4.78 is 0. The molecule has 0 heterocycles. The maximum Gasteiger partial charge on any atom is 0.0580 e. The molecule has 3 atom stereocenters. The Morgan fingerprint density at radius 3 is 1.52 bits per heavy atom. The van der Waals surface area contributed by atoms with Gasteiger partial charge in [-0.15, -0.1) is 6.58 Å². The summed E-state index contributed by atoms with van der Waals surface area (Å²) in [6, 6.07) is 0. The molecule has 1 rings (SSSR count). The first-order valence-corrected chi connectivity index (χ1v) is 8.51. The van der Waals surface area contributed by atoms with Gasteiger partial charge in [-0.25, -0.2) is 0 Å². The number of hydrogen-bond donors (Lipinski definition) is 1. The van der Waals surface area contributed by atoms with Crippen LogP contribution in [0.5, 0.6) is 0 Å². The highest BCUT2D eigenvalue weighted by molar-refractivity contribution is 5.14. The molecule has 0 saturated heterocycles. The Bertz CT molecular complexity index is 232. The van der Waals surface area contributed by atoms with E-state index < -0.39 is 0 Å². The van der Waals surface area contributed by atoms with Crippen molar-refractivity contribution >= 4 is 0 Å². The molecule has 0 aromatic heterocycles. The highest BCUT2D eigenvalue weighted by Crippen LogP contribution is 2.21. The van der Waals surface area contributed by atoms with Crippen molar-refractivity contribution < 1.29 is 5.11 Å². The lowest BCUT2D eigenvalue weighted by Gasteiger charge is -2.22. The lowest BCUT2D eigenvalue weighted by Crippen LogP contribution is -2.21. The molecule has 3 unspecified atom stereocenters. The fraction of sp³-hybridized carbons (Fsp3) is 0.700. The van der Waals surface area contributed by atoms with E-state index in [1.54, 1.807) is 0 Å². The van der Waals surface area contributed by atoms with E-state index in [4.69, 9.17) is 0 Å². The molecule has 0 radical (unpaired) electrons. The smallest absolute Gasteiger partial charge is 0.0580 e. The van der Waals surface area contributed by atoms with E-state index in [1.165, 1.54) is 12.0 Å². The highest BCUT2D eigenvalue weighted by Gasteiger charge is 2.18. The van der Waals surface area contributed by atoms with Gasteiger partial charge in [0.15, 0.2) is 0 Å². The third-order valence-electron chi connectivity index (χ3n) is 2.02. The van der Waals surface area contributed by atoms with Gasteiger partial charge in [0.25, 0.3) is 0 Å². The van der Waals surface area contributed by atoms with Crippen LogP contribution < -0.4 is 0 Å². The second-order valence-electron chi connectivity index (χ2n) is 4.86. The van der Waals surface area contributed by atoms with Gasteiger partial charge in [-0.2, -0.15) is 0 Å². The Morgan fingerprint density at radius 1 is 1.05 bits per heavy atom. The van der Waals surface area contributed by atoms with Gasteiger partial charge in [0.05, 0.1) is 6.10 Å². The third kappa shape index (κ3) is 28.2. The summed E-state index contributed by atoms with van der Waals surface area (Å²) in [6.07, 6.45) is 9.24. The van der Waals surface area contributed by atoms with Gasteiger partial charge >= 0.3 is 0 Å². The molecular formula is C20H42O. The van der Waals surface area contributed by atoms with Gasteiger partial charge in [-0.05, 0) is 26.7 Å². The number of aliphatic hydroxyl groups excluding tert-OH is 1. The van der Waals surface area contributed by atoms with Crippen LogP contribution in [-0.2, 0) is 0 Å². The maximum absolute atomic E-state index is 9.26. The fourth-order valence-corrected chi connectivity index (χ4v) is 1.34. The van der Waals surface area contributed by atoms with E-state index >= 15 is 0 Å². The summed E-state index contributed by atoms with van der Waals surface area (Å²) in [4.78, 5) is 0. The molecule has 21 heavy (non-hydrogen) atoms. The van der Waals surface area contributed by atoms with Crippen molar-refractivity contribution in [3.8, 4) is 0 Å². The van der Waals surface area contributed by atoms with Crippen LogP contribution in [0, 0.1) is 11.8 Å².